The van der Waals surface area contributed by atoms with E-state index >= 15 is 0 Å². The molecule has 0 saturated carbocycles. The highest BCUT2D eigenvalue weighted by molar-refractivity contribution is 5.75. The molecule has 60 valence electrons. The summed E-state index contributed by atoms with van der Waals surface area (Å²) in [7, 11) is 0. The van der Waals surface area contributed by atoms with E-state index in [4.69, 9.17) is 5.41 Å². The topological polar surface area (TPSA) is 35.9 Å². The second kappa shape index (κ2) is 6.59. The number of hydrogen-bond donors (Lipinski definition) is 2. The maximum Gasteiger partial charge on any atom is 0.0899 e. The lowest BCUT2D eigenvalue weighted by Crippen LogP contribution is -2.19. The van der Waals surface area contributed by atoms with Crippen LogP contribution in [0.15, 0.2) is 0 Å². The molecule has 0 amide bonds. The SMILES string of the molecule is CCCCCCNC(C)=N. The van der Waals surface area contributed by atoms with Crippen molar-refractivity contribution < 1.29 is 0 Å². The fourth-order valence-electron chi connectivity index (χ4n) is 0.828. The molecule has 0 unspecified atom stereocenters. The molecule has 0 fully saturated rings. The summed E-state index contributed by atoms with van der Waals surface area (Å²) >= 11 is 0. The van der Waals surface area contributed by atoms with Gasteiger partial charge in [-0.25, -0.2) is 0 Å². The highest BCUT2D eigenvalue weighted by Crippen LogP contribution is 1.96. The molecule has 0 bridgehead atoms. The minimum atomic E-state index is 0.580. The van der Waals surface area contributed by atoms with Gasteiger partial charge in [-0.05, 0) is 13.3 Å². The van der Waals surface area contributed by atoms with Gasteiger partial charge < -0.3 is 5.32 Å². The van der Waals surface area contributed by atoms with E-state index in [1.807, 2.05) is 0 Å². The Hall–Kier alpha value is -0.530. The molecule has 0 heterocycles. The summed E-state index contributed by atoms with van der Waals surface area (Å²) in [5.41, 5.74) is 0. The number of unbranched alkanes of at least 4 members (excludes halogenated alkanes) is 3. The summed E-state index contributed by atoms with van der Waals surface area (Å²) in [6.45, 7) is 4.95. The van der Waals surface area contributed by atoms with Crippen molar-refractivity contribution in [3.63, 3.8) is 0 Å². The highest BCUT2D eigenvalue weighted by atomic mass is 14.9. The maximum atomic E-state index is 7.06. The van der Waals surface area contributed by atoms with E-state index in [1.165, 1.54) is 25.7 Å². The second-order valence-electron chi connectivity index (χ2n) is 2.61. The number of nitrogens with one attached hydrogen (secondary N) is 2. The zero-order valence-electron chi connectivity index (χ0n) is 7.04. The van der Waals surface area contributed by atoms with Crippen molar-refractivity contribution >= 4 is 5.84 Å². The molecule has 0 rings (SSSR count). The average molecular weight is 142 g/mol. The van der Waals surface area contributed by atoms with Crippen molar-refractivity contribution in [2.24, 2.45) is 0 Å². The molecule has 0 aromatic heterocycles. The molecule has 0 aromatic carbocycles. The van der Waals surface area contributed by atoms with Gasteiger partial charge in [-0.2, -0.15) is 0 Å². The van der Waals surface area contributed by atoms with Gasteiger partial charge in [0.2, 0.25) is 0 Å². The van der Waals surface area contributed by atoms with E-state index < -0.39 is 0 Å². The van der Waals surface area contributed by atoms with Gasteiger partial charge >= 0.3 is 0 Å². The number of amidine groups is 1. The van der Waals surface area contributed by atoms with Crippen molar-refractivity contribution in [3.05, 3.63) is 0 Å². The Bertz CT molecular complexity index is 89.3. The summed E-state index contributed by atoms with van der Waals surface area (Å²) in [6, 6.07) is 0. The molecule has 0 aliphatic carbocycles. The van der Waals surface area contributed by atoms with Gasteiger partial charge in [0.15, 0.2) is 0 Å². The highest BCUT2D eigenvalue weighted by Gasteiger charge is 1.87. The lowest BCUT2D eigenvalue weighted by atomic mass is 10.2. The van der Waals surface area contributed by atoms with Gasteiger partial charge in [-0.3, -0.25) is 5.41 Å². The molecule has 0 aliphatic heterocycles. The van der Waals surface area contributed by atoms with Crippen molar-refractivity contribution in [3.8, 4) is 0 Å². The zero-order chi connectivity index (χ0) is 7.82. The van der Waals surface area contributed by atoms with Crippen LogP contribution in [-0.4, -0.2) is 12.4 Å². The minimum Gasteiger partial charge on any atom is -0.374 e. The molecule has 0 atom stereocenters. The molecule has 2 heteroatoms. The third-order valence-electron chi connectivity index (χ3n) is 1.42. The smallest absolute Gasteiger partial charge is 0.0899 e. The van der Waals surface area contributed by atoms with Gasteiger partial charge in [-0.1, -0.05) is 26.2 Å². The van der Waals surface area contributed by atoms with Gasteiger partial charge in [-0.15, -0.1) is 0 Å². The van der Waals surface area contributed by atoms with Crippen LogP contribution in [0, 0.1) is 5.41 Å². The molecular formula is C8H18N2. The van der Waals surface area contributed by atoms with Crippen LogP contribution in [0.3, 0.4) is 0 Å². The molecule has 0 aromatic rings. The monoisotopic (exact) mass is 142 g/mol. The van der Waals surface area contributed by atoms with Crippen molar-refractivity contribution in [1.29, 1.82) is 5.41 Å². The largest absolute Gasteiger partial charge is 0.374 e. The molecular weight excluding hydrogens is 124 g/mol. The molecule has 2 nitrogen and oxygen atoms in total. The Morgan fingerprint density at radius 3 is 2.50 bits per heavy atom. The molecule has 0 saturated heterocycles. The normalized spacial score (nSPS) is 9.40. The van der Waals surface area contributed by atoms with E-state index in [1.54, 1.807) is 6.92 Å². The second-order valence-corrected chi connectivity index (χ2v) is 2.61. The van der Waals surface area contributed by atoms with Crippen LogP contribution in [0.5, 0.6) is 0 Å². The maximum absolute atomic E-state index is 7.06. The summed E-state index contributed by atoms with van der Waals surface area (Å²) in [5.74, 6) is 0.580. The summed E-state index contributed by atoms with van der Waals surface area (Å²) in [5, 5.41) is 10.1. The van der Waals surface area contributed by atoms with Crippen molar-refractivity contribution in [1.82, 2.24) is 5.32 Å². The van der Waals surface area contributed by atoms with Crippen LogP contribution in [0.4, 0.5) is 0 Å². The molecule has 0 aliphatic rings. The van der Waals surface area contributed by atoms with Crippen LogP contribution < -0.4 is 5.32 Å². The first-order chi connectivity index (χ1) is 4.77. The van der Waals surface area contributed by atoms with E-state index in [0.29, 0.717) is 5.84 Å². The van der Waals surface area contributed by atoms with Crippen LogP contribution >= 0.6 is 0 Å². The summed E-state index contributed by atoms with van der Waals surface area (Å²) in [4.78, 5) is 0. The van der Waals surface area contributed by atoms with E-state index in [2.05, 4.69) is 12.2 Å². The average Bonchev–Trinajstić information content (AvgIpc) is 1.87. The lowest BCUT2D eigenvalue weighted by Gasteiger charge is -2.01. The Morgan fingerprint density at radius 1 is 1.30 bits per heavy atom. The molecule has 0 radical (unpaired) electrons. The van der Waals surface area contributed by atoms with Crippen LogP contribution in [0.25, 0.3) is 0 Å². The number of rotatable bonds is 5. The van der Waals surface area contributed by atoms with E-state index in [0.717, 1.165) is 6.54 Å². The predicted molar refractivity (Wildman–Crippen MR) is 45.5 cm³/mol. The van der Waals surface area contributed by atoms with Crippen molar-refractivity contribution in [2.75, 3.05) is 6.54 Å². The first-order valence-electron chi connectivity index (χ1n) is 4.06. The van der Waals surface area contributed by atoms with Gasteiger partial charge in [0.25, 0.3) is 0 Å². The van der Waals surface area contributed by atoms with Crippen LogP contribution in [-0.2, 0) is 0 Å². The fourth-order valence-corrected chi connectivity index (χ4v) is 0.828. The lowest BCUT2D eigenvalue weighted by molar-refractivity contribution is 0.653. The minimum absolute atomic E-state index is 0.580. The first kappa shape index (κ1) is 9.47. The predicted octanol–water partition coefficient (Wildman–Crippen LogP) is 2.15. The molecule has 0 spiro atoms. The zero-order valence-corrected chi connectivity index (χ0v) is 7.04. The van der Waals surface area contributed by atoms with Crippen LogP contribution in [0.1, 0.15) is 39.5 Å². The summed E-state index contributed by atoms with van der Waals surface area (Å²) in [6.07, 6.45) is 5.09. The van der Waals surface area contributed by atoms with E-state index in [-0.39, 0.29) is 0 Å². The third-order valence-corrected chi connectivity index (χ3v) is 1.42. The third kappa shape index (κ3) is 7.47. The molecule has 2 N–H and O–H groups in total. The Morgan fingerprint density at radius 2 is 2.00 bits per heavy atom. The fraction of sp³-hybridized carbons (Fsp3) is 0.875. The van der Waals surface area contributed by atoms with Gasteiger partial charge in [0.1, 0.15) is 0 Å². The van der Waals surface area contributed by atoms with Crippen LogP contribution in [0.2, 0.25) is 0 Å². The van der Waals surface area contributed by atoms with Gasteiger partial charge in [0.05, 0.1) is 5.84 Å². The quantitative estimate of drug-likeness (QED) is 0.344. The number of hydrogen-bond acceptors (Lipinski definition) is 1. The van der Waals surface area contributed by atoms with Crippen molar-refractivity contribution in [2.45, 2.75) is 39.5 Å². The first-order valence-corrected chi connectivity index (χ1v) is 4.06. The van der Waals surface area contributed by atoms with Gasteiger partial charge in [0, 0.05) is 6.54 Å². The Balaban J connectivity index is 2.84. The standard InChI is InChI=1S/C8H18N2/c1-3-4-5-6-7-10-8(2)9/h3-7H2,1-2H3,(H2,9,10). The summed E-state index contributed by atoms with van der Waals surface area (Å²) < 4.78 is 0. The van der Waals surface area contributed by atoms with E-state index in [9.17, 15) is 0 Å². The molecule has 10 heavy (non-hydrogen) atoms. The Labute approximate surface area is 63.5 Å². The Kier molecular flexibility index (Phi) is 6.24.